The van der Waals surface area contributed by atoms with Crippen molar-refractivity contribution >= 4 is 32.4 Å². The summed E-state index contributed by atoms with van der Waals surface area (Å²) in [5, 5.41) is 10.0. The first-order valence-corrected chi connectivity index (χ1v) is 9.19. The standard InChI is InChI=1S/C12H22N4O4S2/c1-5-20-8-6-7-13-22(18,19)11-16-15-10(21-11)14-9(17)12(2,3)4/h13H,5-8H2,1-4H3,(H,14,15,17). The number of nitrogens with one attached hydrogen (secondary N) is 2. The molecule has 10 heteroatoms. The fraction of sp³-hybridized carbons (Fsp3) is 0.750. The molecule has 0 aliphatic rings. The van der Waals surface area contributed by atoms with E-state index in [-0.39, 0.29) is 21.9 Å². The maximum Gasteiger partial charge on any atom is 0.269 e. The predicted octanol–water partition coefficient (Wildman–Crippen LogP) is 1.23. The normalized spacial score (nSPS) is 12.4. The molecular formula is C12H22N4O4S2. The smallest absolute Gasteiger partial charge is 0.269 e. The number of ether oxygens (including phenoxy) is 1. The summed E-state index contributed by atoms with van der Waals surface area (Å²) in [4.78, 5) is 11.8. The third-order valence-electron chi connectivity index (χ3n) is 2.50. The minimum atomic E-state index is -3.71. The Balaban J connectivity index is 2.60. The number of sulfonamides is 1. The highest BCUT2D eigenvalue weighted by molar-refractivity contribution is 7.91. The molecule has 1 aromatic heterocycles. The number of hydrogen-bond donors (Lipinski definition) is 2. The maximum atomic E-state index is 12.0. The first-order valence-electron chi connectivity index (χ1n) is 6.89. The molecule has 0 aliphatic carbocycles. The lowest BCUT2D eigenvalue weighted by Crippen LogP contribution is -2.27. The number of nitrogens with zero attached hydrogens (tertiary/aromatic N) is 2. The molecule has 2 N–H and O–H groups in total. The highest BCUT2D eigenvalue weighted by Gasteiger charge is 2.24. The molecule has 0 spiro atoms. The highest BCUT2D eigenvalue weighted by atomic mass is 32.2. The van der Waals surface area contributed by atoms with Gasteiger partial charge in [0.2, 0.25) is 15.4 Å². The molecule has 0 saturated heterocycles. The van der Waals surface area contributed by atoms with Crippen molar-refractivity contribution in [1.29, 1.82) is 0 Å². The van der Waals surface area contributed by atoms with Crippen LogP contribution in [0.25, 0.3) is 0 Å². The number of hydrogen-bond acceptors (Lipinski definition) is 7. The second-order valence-corrected chi connectivity index (χ2v) is 8.44. The summed E-state index contributed by atoms with van der Waals surface area (Å²) >= 11 is 0.817. The van der Waals surface area contributed by atoms with Crippen molar-refractivity contribution in [3.8, 4) is 0 Å². The van der Waals surface area contributed by atoms with E-state index in [0.717, 1.165) is 11.3 Å². The van der Waals surface area contributed by atoms with Crippen molar-refractivity contribution < 1.29 is 17.9 Å². The van der Waals surface area contributed by atoms with Gasteiger partial charge in [0.15, 0.2) is 0 Å². The average molecular weight is 350 g/mol. The number of carbonyl (C=O) groups is 1. The van der Waals surface area contributed by atoms with Crippen molar-refractivity contribution in [3.63, 3.8) is 0 Å². The lowest BCUT2D eigenvalue weighted by atomic mass is 9.96. The van der Waals surface area contributed by atoms with Crippen LogP contribution in [0.4, 0.5) is 5.13 Å². The average Bonchev–Trinajstić information content (AvgIpc) is 2.86. The van der Waals surface area contributed by atoms with E-state index in [1.165, 1.54) is 0 Å². The van der Waals surface area contributed by atoms with Gasteiger partial charge in [0.05, 0.1) is 0 Å². The van der Waals surface area contributed by atoms with E-state index in [2.05, 4.69) is 20.2 Å². The molecule has 0 atom stereocenters. The molecule has 0 saturated carbocycles. The van der Waals surface area contributed by atoms with Crippen LogP contribution in [0.2, 0.25) is 0 Å². The van der Waals surface area contributed by atoms with Gasteiger partial charge in [0, 0.05) is 25.2 Å². The number of amides is 1. The first-order chi connectivity index (χ1) is 10.2. The Morgan fingerprint density at radius 1 is 1.32 bits per heavy atom. The molecule has 0 unspecified atom stereocenters. The van der Waals surface area contributed by atoms with Crippen molar-refractivity contribution in [2.45, 2.75) is 38.5 Å². The van der Waals surface area contributed by atoms with Crippen molar-refractivity contribution in [3.05, 3.63) is 0 Å². The summed E-state index contributed by atoms with van der Waals surface area (Å²) in [5.41, 5.74) is -0.595. The van der Waals surface area contributed by atoms with E-state index in [1.54, 1.807) is 20.8 Å². The third-order valence-corrected chi connectivity index (χ3v) is 5.17. The quantitative estimate of drug-likeness (QED) is 0.539. The van der Waals surface area contributed by atoms with Gasteiger partial charge in [-0.25, -0.2) is 13.1 Å². The van der Waals surface area contributed by atoms with Gasteiger partial charge in [-0.05, 0) is 13.3 Å². The monoisotopic (exact) mass is 350 g/mol. The van der Waals surface area contributed by atoms with Crippen LogP contribution < -0.4 is 10.0 Å². The van der Waals surface area contributed by atoms with Crippen LogP contribution in [0.15, 0.2) is 4.34 Å². The fourth-order valence-corrected chi connectivity index (χ4v) is 3.25. The Hall–Kier alpha value is -1.10. The van der Waals surface area contributed by atoms with Crippen LogP contribution in [-0.2, 0) is 19.6 Å². The molecule has 0 aromatic carbocycles. The summed E-state index contributed by atoms with van der Waals surface area (Å²) in [6, 6.07) is 0. The number of anilines is 1. The molecule has 1 heterocycles. The molecule has 0 fully saturated rings. The Bertz CT molecular complexity index is 593. The Labute approximate surface area is 134 Å². The van der Waals surface area contributed by atoms with Crippen molar-refractivity contribution in [1.82, 2.24) is 14.9 Å². The minimum Gasteiger partial charge on any atom is -0.382 e. The van der Waals surface area contributed by atoms with E-state index in [9.17, 15) is 13.2 Å². The molecule has 22 heavy (non-hydrogen) atoms. The lowest BCUT2D eigenvalue weighted by molar-refractivity contribution is -0.123. The van der Waals surface area contributed by atoms with Gasteiger partial charge in [-0.15, -0.1) is 10.2 Å². The second kappa shape index (κ2) is 7.95. The van der Waals surface area contributed by atoms with Crippen LogP contribution in [0.1, 0.15) is 34.1 Å². The van der Waals surface area contributed by atoms with E-state index >= 15 is 0 Å². The molecular weight excluding hydrogens is 328 g/mol. The molecule has 1 amide bonds. The Morgan fingerprint density at radius 2 is 2.00 bits per heavy atom. The molecule has 8 nitrogen and oxygen atoms in total. The summed E-state index contributed by atoms with van der Waals surface area (Å²) < 4.78 is 31.4. The molecule has 1 aromatic rings. The predicted molar refractivity (Wildman–Crippen MR) is 84.3 cm³/mol. The highest BCUT2D eigenvalue weighted by Crippen LogP contribution is 2.22. The molecule has 126 valence electrons. The van der Waals surface area contributed by atoms with Crippen molar-refractivity contribution in [2.24, 2.45) is 5.41 Å². The topological polar surface area (TPSA) is 110 Å². The van der Waals surface area contributed by atoms with Gasteiger partial charge in [-0.2, -0.15) is 0 Å². The Kier molecular flexibility index (Phi) is 6.85. The number of aromatic nitrogens is 2. The van der Waals surface area contributed by atoms with Gasteiger partial charge in [-0.1, -0.05) is 32.1 Å². The second-order valence-electron chi connectivity index (χ2n) is 5.53. The van der Waals surface area contributed by atoms with E-state index in [1.807, 2.05) is 6.92 Å². The minimum absolute atomic E-state index is 0.162. The fourth-order valence-electron chi connectivity index (χ4n) is 1.24. The van der Waals surface area contributed by atoms with Gasteiger partial charge in [-0.3, -0.25) is 4.79 Å². The zero-order chi connectivity index (χ0) is 16.8. The third kappa shape index (κ3) is 5.95. The summed E-state index contributed by atoms with van der Waals surface area (Å²) in [7, 11) is -3.71. The molecule has 0 radical (unpaired) electrons. The molecule has 1 rings (SSSR count). The molecule has 0 bridgehead atoms. The summed E-state index contributed by atoms with van der Waals surface area (Å²) in [6.07, 6.45) is 0.569. The van der Waals surface area contributed by atoms with Gasteiger partial charge in [0.25, 0.3) is 10.0 Å². The van der Waals surface area contributed by atoms with Crippen molar-refractivity contribution in [2.75, 3.05) is 25.1 Å². The zero-order valence-corrected chi connectivity index (χ0v) is 14.8. The van der Waals surface area contributed by atoms with Crippen LogP contribution in [-0.4, -0.2) is 44.3 Å². The molecule has 0 aliphatic heterocycles. The maximum absolute atomic E-state index is 12.0. The lowest BCUT2D eigenvalue weighted by Gasteiger charge is -2.15. The van der Waals surface area contributed by atoms with Gasteiger partial charge < -0.3 is 10.1 Å². The number of carbonyl (C=O) groups excluding carboxylic acids is 1. The van der Waals surface area contributed by atoms with E-state index in [4.69, 9.17) is 4.74 Å². The van der Waals surface area contributed by atoms with Crippen LogP contribution in [0.5, 0.6) is 0 Å². The van der Waals surface area contributed by atoms with E-state index in [0.29, 0.717) is 19.6 Å². The summed E-state index contributed by atoms with van der Waals surface area (Å²) in [5.74, 6) is -0.253. The van der Waals surface area contributed by atoms with Crippen LogP contribution in [0, 0.1) is 5.41 Å². The SMILES string of the molecule is CCOCCCNS(=O)(=O)c1nnc(NC(=O)C(C)(C)C)s1. The number of rotatable bonds is 8. The first kappa shape index (κ1) is 18.9. The van der Waals surface area contributed by atoms with Crippen LogP contribution in [0.3, 0.4) is 0 Å². The van der Waals surface area contributed by atoms with Crippen LogP contribution >= 0.6 is 11.3 Å². The van der Waals surface area contributed by atoms with Gasteiger partial charge >= 0.3 is 0 Å². The van der Waals surface area contributed by atoms with E-state index < -0.39 is 15.4 Å². The Morgan fingerprint density at radius 3 is 2.59 bits per heavy atom. The zero-order valence-electron chi connectivity index (χ0n) is 13.2. The largest absolute Gasteiger partial charge is 0.382 e. The summed E-state index contributed by atoms with van der Waals surface area (Å²) in [6.45, 7) is 8.47. The van der Waals surface area contributed by atoms with Gasteiger partial charge in [0.1, 0.15) is 0 Å².